The zero-order valence-electron chi connectivity index (χ0n) is 10.9. The van der Waals surface area contributed by atoms with E-state index >= 15 is 0 Å². The van der Waals surface area contributed by atoms with Gasteiger partial charge in [0.2, 0.25) is 11.8 Å². The first-order chi connectivity index (χ1) is 9.94. The summed E-state index contributed by atoms with van der Waals surface area (Å²) in [6, 6.07) is 6.04. The molecule has 2 aromatic rings. The average molecular weight is 308 g/mol. The second-order valence-electron chi connectivity index (χ2n) is 4.93. The van der Waals surface area contributed by atoms with Gasteiger partial charge in [-0.05, 0) is 30.7 Å². The van der Waals surface area contributed by atoms with Crippen LogP contribution in [0.25, 0.3) is 11.5 Å². The Morgan fingerprint density at radius 3 is 2.52 bits per heavy atom. The summed E-state index contributed by atoms with van der Waals surface area (Å²) in [6.07, 6.45) is 0.488. The van der Waals surface area contributed by atoms with Gasteiger partial charge in [0.15, 0.2) is 9.84 Å². The van der Waals surface area contributed by atoms with Crippen LogP contribution in [0.2, 0.25) is 0 Å². The molecule has 0 radical (unpaired) electrons. The standard InChI is InChI=1S/C13H12N2O5S/c16-13(17)9-3-1-8(2-4-9)11-14-15-12(20-11)10-5-6-21(18,19)7-10/h1-4,10H,5-7H2,(H,16,17). The first-order valence-electron chi connectivity index (χ1n) is 6.32. The number of sulfone groups is 1. The molecule has 7 nitrogen and oxygen atoms in total. The zero-order chi connectivity index (χ0) is 15.0. The summed E-state index contributed by atoms with van der Waals surface area (Å²) >= 11 is 0. The van der Waals surface area contributed by atoms with Crippen molar-refractivity contribution in [3.63, 3.8) is 0 Å². The molecule has 0 amide bonds. The summed E-state index contributed by atoms with van der Waals surface area (Å²) < 4.78 is 28.4. The summed E-state index contributed by atoms with van der Waals surface area (Å²) in [5, 5.41) is 16.6. The van der Waals surface area contributed by atoms with Crippen LogP contribution in [0.4, 0.5) is 0 Å². The van der Waals surface area contributed by atoms with E-state index in [1.807, 2.05) is 0 Å². The molecule has 0 aliphatic carbocycles. The minimum atomic E-state index is -3.01. The van der Waals surface area contributed by atoms with Gasteiger partial charge in [-0.1, -0.05) is 0 Å². The maximum Gasteiger partial charge on any atom is 0.335 e. The van der Waals surface area contributed by atoms with E-state index in [0.29, 0.717) is 17.9 Å². The van der Waals surface area contributed by atoms with Crippen LogP contribution >= 0.6 is 0 Å². The number of carbonyl (C=O) groups is 1. The lowest BCUT2D eigenvalue weighted by Crippen LogP contribution is -2.03. The molecule has 1 aromatic heterocycles. The fourth-order valence-corrected chi connectivity index (χ4v) is 3.99. The monoisotopic (exact) mass is 308 g/mol. The van der Waals surface area contributed by atoms with Gasteiger partial charge >= 0.3 is 5.97 Å². The molecule has 3 rings (SSSR count). The first kappa shape index (κ1) is 13.7. The van der Waals surface area contributed by atoms with E-state index in [4.69, 9.17) is 9.52 Å². The molecule has 1 fully saturated rings. The largest absolute Gasteiger partial charge is 0.478 e. The van der Waals surface area contributed by atoms with Crippen LogP contribution in [0.15, 0.2) is 28.7 Å². The summed E-state index contributed by atoms with van der Waals surface area (Å²) in [5.74, 6) is -0.520. The van der Waals surface area contributed by atoms with Crippen molar-refractivity contribution in [1.82, 2.24) is 10.2 Å². The van der Waals surface area contributed by atoms with E-state index < -0.39 is 15.8 Å². The van der Waals surface area contributed by atoms with Crippen LogP contribution in [0.5, 0.6) is 0 Å². The maximum absolute atomic E-state index is 11.4. The molecule has 21 heavy (non-hydrogen) atoms. The highest BCUT2D eigenvalue weighted by Gasteiger charge is 2.32. The number of nitrogens with zero attached hydrogens (tertiary/aromatic N) is 2. The summed E-state index contributed by atoms with van der Waals surface area (Å²) in [5.41, 5.74) is 0.764. The molecule has 0 saturated carbocycles. The van der Waals surface area contributed by atoms with Crippen molar-refractivity contribution in [1.29, 1.82) is 0 Å². The highest BCUT2D eigenvalue weighted by molar-refractivity contribution is 7.91. The molecule has 1 saturated heterocycles. The van der Waals surface area contributed by atoms with Gasteiger partial charge in [-0.2, -0.15) is 0 Å². The lowest BCUT2D eigenvalue weighted by Gasteiger charge is -2.00. The number of rotatable bonds is 3. The predicted octanol–water partition coefficient (Wildman–Crippen LogP) is 1.34. The Morgan fingerprint density at radius 1 is 1.24 bits per heavy atom. The number of hydrogen-bond acceptors (Lipinski definition) is 6. The van der Waals surface area contributed by atoms with Gasteiger partial charge in [0.05, 0.1) is 23.0 Å². The zero-order valence-corrected chi connectivity index (χ0v) is 11.7. The van der Waals surface area contributed by atoms with Crippen LogP contribution < -0.4 is 0 Å². The molecular formula is C13H12N2O5S. The number of hydrogen-bond donors (Lipinski definition) is 1. The van der Waals surface area contributed by atoms with Crippen LogP contribution in [-0.2, 0) is 9.84 Å². The van der Waals surface area contributed by atoms with Gasteiger partial charge in [0, 0.05) is 5.56 Å². The molecular weight excluding hydrogens is 296 g/mol. The normalized spacial score (nSPS) is 20.5. The van der Waals surface area contributed by atoms with E-state index in [1.165, 1.54) is 12.1 Å². The van der Waals surface area contributed by atoms with E-state index in [2.05, 4.69) is 10.2 Å². The third-order valence-electron chi connectivity index (χ3n) is 3.40. The Hall–Kier alpha value is -2.22. The van der Waals surface area contributed by atoms with Gasteiger partial charge in [0.1, 0.15) is 0 Å². The van der Waals surface area contributed by atoms with E-state index in [9.17, 15) is 13.2 Å². The van der Waals surface area contributed by atoms with Crippen molar-refractivity contribution < 1.29 is 22.7 Å². The number of aromatic carboxylic acids is 1. The molecule has 1 N–H and O–H groups in total. The van der Waals surface area contributed by atoms with Gasteiger partial charge in [0.25, 0.3) is 0 Å². The summed E-state index contributed by atoms with van der Waals surface area (Å²) in [4.78, 5) is 10.8. The summed E-state index contributed by atoms with van der Waals surface area (Å²) in [6.45, 7) is 0. The SMILES string of the molecule is O=C(O)c1ccc(-c2nnc(C3CCS(=O)(=O)C3)o2)cc1. The fraction of sp³-hybridized carbons (Fsp3) is 0.308. The van der Waals surface area contributed by atoms with Gasteiger partial charge in [-0.25, -0.2) is 13.2 Å². The Morgan fingerprint density at radius 2 is 1.95 bits per heavy atom. The van der Waals surface area contributed by atoms with Gasteiger partial charge in [-0.15, -0.1) is 10.2 Å². The quantitative estimate of drug-likeness (QED) is 0.910. The van der Waals surface area contributed by atoms with Crippen molar-refractivity contribution in [2.45, 2.75) is 12.3 Å². The van der Waals surface area contributed by atoms with E-state index in [-0.39, 0.29) is 28.9 Å². The number of benzene rings is 1. The first-order valence-corrected chi connectivity index (χ1v) is 8.14. The van der Waals surface area contributed by atoms with Crippen molar-refractivity contribution in [2.75, 3.05) is 11.5 Å². The van der Waals surface area contributed by atoms with Crippen molar-refractivity contribution in [3.8, 4) is 11.5 Å². The van der Waals surface area contributed by atoms with Crippen LogP contribution in [0.1, 0.15) is 28.6 Å². The van der Waals surface area contributed by atoms with Crippen LogP contribution in [0.3, 0.4) is 0 Å². The van der Waals surface area contributed by atoms with Crippen LogP contribution in [-0.4, -0.2) is 41.2 Å². The minimum Gasteiger partial charge on any atom is -0.478 e. The molecule has 8 heteroatoms. The van der Waals surface area contributed by atoms with Crippen LogP contribution in [0, 0.1) is 0 Å². The fourth-order valence-electron chi connectivity index (χ4n) is 2.26. The second-order valence-corrected chi connectivity index (χ2v) is 7.16. The van der Waals surface area contributed by atoms with Crippen molar-refractivity contribution >= 4 is 15.8 Å². The highest BCUT2D eigenvalue weighted by atomic mass is 32.2. The molecule has 0 spiro atoms. The molecule has 1 unspecified atom stereocenters. The lowest BCUT2D eigenvalue weighted by molar-refractivity contribution is 0.0697. The highest BCUT2D eigenvalue weighted by Crippen LogP contribution is 2.29. The summed E-state index contributed by atoms with van der Waals surface area (Å²) in [7, 11) is -3.01. The molecule has 2 heterocycles. The number of carboxylic acids is 1. The Kier molecular flexibility index (Phi) is 3.25. The van der Waals surface area contributed by atoms with Crippen molar-refractivity contribution in [3.05, 3.63) is 35.7 Å². The van der Waals surface area contributed by atoms with Crippen molar-refractivity contribution in [2.24, 2.45) is 0 Å². The molecule has 0 bridgehead atoms. The Labute approximate surface area is 120 Å². The lowest BCUT2D eigenvalue weighted by atomic mass is 10.1. The molecule has 1 aliphatic heterocycles. The third-order valence-corrected chi connectivity index (χ3v) is 5.17. The third kappa shape index (κ3) is 2.80. The predicted molar refractivity (Wildman–Crippen MR) is 72.7 cm³/mol. The average Bonchev–Trinajstić information content (AvgIpc) is 3.05. The number of carboxylic acid groups (broad SMARTS) is 1. The topological polar surface area (TPSA) is 110 Å². The molecule has 1 aromatic carbocycles. The molecule has 1 aliphatic rings. The Balaban J connectivity index is 1.83. The number of aromatic nitrogens is 2. The maximum atomic E-state index is 11.4. The van der Waals surface area contributed by atoms with E-state index in [0.717, 1.165) is 0 Å². The smallest absolute Gasteiger partial charge is 0.335 e. The molecule has 1 atom stereocenters. The second kappa shape index (κ2) is 4.96. The Bertz CT molecular complexity index is 779. The van der Waals surface area contributed by atoms with E-state index in [1.54, 1.807) is 12.1 Å². The molecule has 110 valence electrons. The van der Waals surface area contributed by atoms with Gasteiger partial charge in [-0.3, -0.25) is 0 Å². The van der Waals surface area contributed by atoms with Gasteiger partial charge < -0.3 is 9.52 Å². The minimum absolute atomic E-state index is 0.0343.